The van der Waals surface area contributed by atoms with Crippen molar-refractivity contribution in [3.8, 4) is 6.07 Å². The number of amides is 2. The molecule has 7 nitrogen and oxygen atoms in total. The maximum atomic E-state index is 13.7. The third-order valence-corrected chi connectivity index (χ3v) is 4.90. The quantitative estimate of drug-likeness (QED) is 0.435. The molecule has 0 fully saturated rings. The van der Waals surface area contributed by atoms with Gasteiger partial charge in [0.25, 0.3) is 0 Å². The molecule has 3 N–H and O–H groups in total. The van der Waals surface area contributed by atoms with E-state index in [0.29, 0.717) is 23.2 Å². The van der Waals surface area contributed by atoms with Gasteiger partial charge in [0.05, 0.1) is 18.1 Å². The topological polar surface area (TPSA) is 111 Å². The first-order valence-electron chi connectivity index (χ1n) is 10.2. The van der Waals surface area contributed by atoms with Crippen molar-refractivity contribution >= 4 is 23.4 Å². The number of carbonyl (C=O) groups is 2. The molecule has 0 saturated carbocycles. The Morgan fingerprint density at radius 2 is 1.79 bits per heavy atom. The molecule has 2 aromatic rings. The van der Waals surface area contributed by atoms with E-state index in [4.69, 9.17) is 15.1 Å². The monoisotopic (exact) mass is 463 g/mol. The van der Waals surface area contributed by atoms with Gasteiger partial charge in [0.1, 0.15) is 0 Å². The van der Waals surface area contributed by atoms with Crippen LogP contribution in [0.5, 0.6) is 0 Å². The standard InChI is InChI=1S/C23H24F3N3O4/c1-3-15(12-20(30)31)16-7-10-18(21(33-4-2)23(24,25)26)19(11-16)29-22(32)28-17-8-5-14(13-27)6-9-17/h5-11,15,21H,3-4,12H2,1-2H3,(H,30,31)(H2,28,29,32). The van der Waals surface area contributed by atoms with E-state index in [2.05, 4.69) is 10.6 Å². The Kier molecular flexibility index (Phi) is 8.82. The van der Waals surface area contributed by atoms with Crippen molar-refractivity contribution in [1.82, 2.24) is 0 Å². The second-order valence-electron chi connectivity index (χ2n) is 7.19. The molecular weight excluding hydrogens is 439 g/mol. The predicted octanol–water partition coefficient (Wildman–Crippen LogP) is 5.81. The van der Waals surface area contributed by atoms with Crippen LogP contribution in [0.15, 0.2) is 42.5 Å². The Hall–Kier alpha value is -3.58. The predicted molar refractivity (Wildman–Crippen MR) is 116 cm³/mol. The van der Waals surface area contributed by atoms with Crippen molar-refractivity contribution in [3.05, 3.63) is 59.2 Å². The summed E-state index contributed by atoms with van der Waals surface area (Å²) in [6, 6.07) is 11.0. The Morgan fingerprint density at radius 1 is 1.12 bits per heavy atom. The normalized spacial score (nSPS) is 13.0. The molecular formula is C23H24F3N3O4. The molecule has 0 radical (unpaired) electrons. The summed E-state index contributed by atoms with van der Waals surface area (Å²) in [6.45, 7) is 2.99. The number of hydrogen-bond acceptors (Lipinski definition) is 4. The molecule has 0 aliphatic carbocycles. The van der Waals surface area contributed by atoms with E-state index in [-0.39, 0.29) is 24.3 Å². The number of nitrogens with zero attached hydrogens (tertiary/aromatic N) is 1. The van der Waals surface area contributed by atoms with Crippen molar-refractivity contribution in [2.24, 2.45) is 0 Å². The number of aliphatic carboxylic acids is 1. The highest BCUT2D eigenvalue weighted by molar-refractivity contribution is 6.00. The minimum absolute atomic E-state index is 0.141. The minimum Gasteiger partial charge on any atom is -0.481 e. The number of carboxylic acid groups (broad SMARTS) is 1. The van der Waals surface area contributed by atoms with Crippen molar-refractivity contribution in [3.63, 3.8) is 0 Å². The summed E-state index contributed by atoms with van der Waals surface area (Å²) in [5, 5.41) is 22.9. The van der Waals surface area contributed by atoms with Gasteiger partial charge in [-0.05, 0) is 55.2 Å². The molecule has 2 atom stereocenters. The molecule has 176 valence electrons. The first-order valence-corrected chi connectivity index (χ1v) is 10.2. The molecule has 10 heteroatoms. The number of anilines is 2. The summed E-state index contributed by atoms with van der Waals surface area (Å²) < 4.78 is 45.9. The number of urea groups is 1. The summed E-state index contributed by atoms with van der Waals surface area (Å²) in [5.41, 5.74) is 0.754. The zero-order valence-electron chi connectivity index (χ0n) is 18.1. The highest BCUT2D eigenvalue weighted by atomic mass is 19.4. The number of nitriles is 1. The van der Waals surface area contributed by atoms with Gasteiger partial charge in [-0.3, -0.25) is 4.79 Å². The van der Waals surface area contributed by atoms with E-state index in [1.807, 2.05) is 6.07 Å². The Labute approximate surface area is 189 Å². The second kappa shape index (κ2) is 11.3. The first kappa shape index (κ1) is 25.7. The second-order valence-corrected chi connectivity index (χ2v) is 7.19. The fourth-order valence-electron chi connectivity index (χ4n) is 3.31. The maximum Gasteiger partial charge on any atom is 0.418 e. The third-order valence-electron chi connectivity index (χ3n) is 4.90. The van der Waals surface area contributed by atoms with Crippen LogP contribution < -0.4 is 10.6 Å². The maximum absolute atomic E-state index is 13.7. The number of carboxylic acids is 1. The van der Waals surface area contributed by atoms with Crippen LogP contribution in [0.4, 0.5) is 29.3 Å². The summed E-state index contributed by atoms with van der Waals surface area (Å²) in [7, 11) is 0. The number of benzene rings is 2. The molecule has 0 bridgehead atoms. The molecule has 2 unspecified atom stereocenters. The molecule has 2 rings (SSSR count). The van der Waals surface area contributed by atoms with Crippen LogP contribution in [-0.2, 0) is 9.53 Å². The molecule has 0 aromatic heterocycles. The Morgan fingerprint density at radius 3 is 2.30 bits per heavy atom. The van der Waals surface area contributed by atoms with Crippen molar-refractivity contribution in [1.29, 1.82) is 5.26 Å². The van der Waals surface area contributed by atoms with Crippen molar-refractivity contribution in [2.45, 2.75) is 44.9 Å². The average Bonchev–Trinajstić information content (AvgIpc) is 2.75. The number of halogens is 3. The zero-order valence-corrected chi connectivity index (χ0v) is 18.1. The van der Waals surface area contributed by atoms with Crippen LogP contribution >= 0.6 is 0 Å². The number of nitrogens with one attached hydrogen (secondary N) is 2. The first-order chi connectivity index (χ1) is 15.6. The van der Waals surface area contributed by atoms with E-state index in [1.165, 1.54) is 49.4 Å². The Balaban J connectivity index is 2.42. The molecule has 33 heavy (non-hydrogen) atoms. The van der Waals surface area contributed by atoms with Crippen molar-refractivity contribution < 1.29 is 32.6 Å². The number of hydrogen-bond donors (Lipinski definition) is 3. The van der Waals surface area contributed by atoms with Crippen LogP contribution in [0, 0.1) is 11.3 Å². The SMILES string of the molecule is CCOC(c1ccc(C(CC)CC(=O)O)cc1NC(=O)Nc1ccc(C#N)cc1)C(F)(F)F. The molecule has 0 spiro atoms. The van der Waals surface area contributed by atoms with E-state index >= 15 is 0 Å². The molecule has 2 amide bonds. The van der Waals surface area contributed by atoms with E-state index < -0.39 is 30.2 Å². The lowest BCUT2D eigenvalue weighted by Crippen LogP contribution is -2.27. The molecule has 0 saturated heterocycles. The number of alkyl halides is 3. The van der Waals surface area contributed by atoms with Gasteiger partial charge in [0, 0.05) is 23.5 Å². The van der Waals surface area contributed by atoms with E-state index in [0.717, 1.165) is 0 Å². The molecule has 0 aliphatic heterocycles. The summed E-state index contributed by atoms with van der Waals surface area (Å²) >= 11 is 0. The highest BCUT2D eigenvalue weighted by Crippen LogP contribution is 2.40. The summed E-state index contributed by atoms with van der Waals surface area (Å²) in [5.74, 6) is -1.49. The van der Waals surface area contributed by atoms with E-state index in [1.54, 1.807) is 6.92 Å². The Bertz CT molecular complexity index is 1020. The lowest BCUT2D eigenvalue weighted by Gasteiger charge is -2.25. The van der Waals surface area contributed by atoms with Gasteiger partial charge >= 0.3 is 18.2 Å². The fraction of sp³-hybridized carbons (Fsp3) is 0.348. The zero-order chi connectivity index (χ0) is 24.6. The van der Waals surface area contributed by atoms with Gasteiger partial charge in [-0.15, -0.1) is 0 Å². The van der Waals surface area contributed by atoms with Crippen LogP contribution in [0.25, 0.3) is 0 Å². The average molecular weight is 463 g/mol. The van der Waals surface area contributed by atoms with Crippen LogP contribution in [0.2, 0.25) is 0 Å². The van der Waals surface area contributed by atoms with Gasteiger partial charge in [-0.2, -0.15) is 18.4 Å². The third kappa shape index (κ3) is 7.22. The van der Waals surface area contributed by atoms with Crippen LogP contribution in [-0.4, -0.2) is 29.9 Å². The number of carbonyl (C=O) groups excluding carboxylic acids is 1. The largest absolute Gasteiger partial charge is 0.481 e. The van der Waals surface area contributed by atoms with Crippen LogP contribution in [0.3, 0.4) is 0 Å². The smallest absolute Gasteiger partial charge is 0.418 e. The van der Waals surface area contributed by atoms with Crippen molar-refractivity contribution in [2.75, 3.05) is 17.2 Å². The van der Waals surface area contributed by atoms with Gasteiger partial charge < -0.3 is 20.5 Å². The fourth-order valence-corrected chi connectivity index (χ4v) is 3.31. The highest BCUT2D eigenvalue weighted by Gasteiger charge is 2.43. The van der Waals surface area contributed by atoms with E-state index in [9.17, 15) is 22.8 Å². The lowest BCUT2D eigenvalue weighted by molar-refractivity contribution is -0.222. The van der Waals surface area contributed by atoms with Gasteiger partial charge in [-0.1, -0.05) is 19.1 Å². The number of ether oxygens (including phenoxy) is 1. The summed E-state index contributed by atoms with van der Waals surface area (Å²) in [6.07, 6.45) is -6.78. The van der Waals surface area contributed by atoms with Crippen LogP contribution in [0.1, 0.15) is 55.4 Å². The summed E-state index contributed by atoms with van der Waals surface area (Å²) in [4.78, 5) is 23.7. The molecule has 0 aliphatic rings. The lowest BCUT2D eigenvalue weighted by atomic mass is 9.91. The molecule has 2 aromatic carbocycles. The van der Waals surface area contributed by atoms with Gasteiger partial charge in [0.15, 0.2) is 6.10 Å². The number of rotatable bonds is 9. The minimum atomic E-state index is -4.73. The molecule has 0 heterocycles. The van der Waals surface area contributed by atoms with Gasteiger partial charge in [-0.25, -0.2) is 4.79 Å². The van der Waals surface area contributed by atoms with Gasteiger partial charge in [0.2, 0.25) is 0 Å².